The molecule has 17 heavy (non-hydrogen) atoms. The van der Waals surface area contributed by atoms with E-state index in [1.807, 2.05) is 6.92 Å². The molecule has 1 amide bonds. The SMILES string of the molecule is CCOCC(=O)NCc1cc(N)ccc1OC. The van der Waals surface area contributed by atoms with Crippen LogP contribution in [0.2, 0.25) is 0 Å². The maximum absolute atomic E-state index is 11.4. The fourth-order valence-corrected chi connectivity index (χ4v) is 1.38. The Labute approximate surface area is 101 Å². The van der Waals surface area contributed by atoms with E-state index in [1.165, 1.54) is 0 Å². The second-order valence-corrected chi connectivity index (χ2v) is 3.49. The highest BCUT2D eigenvalue weighted by Crippen LogP contribution is 2.20. The first-order chi connectivity index (χ1) is 8.17. The van der Waals surface area contributed by atoms with E-state index in [0.29, 0.717) is 24.6 Å². The normalized spacial score (nSPS) is 10.0. The summed E-state index contributed by atoms with van der Waals surface area (Å²) < 4.78 is 10.2. The number of carbonyl (C=O) groups is 1. The quantitative estimate of drug-likeness (QED) is 0.723. The van der Waals surface area contributed by atoms with E-state index in [0.717, 1.165) is 5.56 Å². The lowest BCUT2D eigenvalue weighted by Gasteiger charge is -2.10. The van der Waals surface area contributed by atoms with Crippen molar-refractivity contribution in [3.63, 3.8) is 0 Å². The van der Waals surface area contributed by atoms with Crippen LogP contribution in [0.3, 0.4) is 0 Å². The summed E-state index contributed by atoms with van der Waals surface area (Å²) in [5.74, 6) is 0.548. The van der Waals surface area contributed by atoms with Crippen LogP contribution >= 0.6 is 0 Å². The van der Waals surface area contributed by atoms with Crippen molar-refractivity contribution < 1.29 is 14.3 Å². The van der Waals surface area contributed by atoms with E-state index >= 15 is 0 Å². The van der Waals surface area contributed by atoms with E-state index in [9.17, 15) is 4.79 Å². The van der Waals surface area contributed by atoms with E-state index in [2.05, 4.69) is 5.32 Å². The molecule has 1 aromatic carbocycles. The summed E-state index contributed by atoms with van der Waals surface area (Å²) in [4.78, 5) is 11.4. The van der Waals surface area contributed by atoms with Gasteiger partial charge in [-0.05, 0) is 25.1 Å². The zero-order chi connectivity index (χ0) is 12.7. The number of nitrogens with one attached hydrogen (secondary N) is 1. The third-order valence-corrected chi connectivity index (χ3v) is 2.22. The number of rotatable bonds is 6. The second-order valence-electron chi connectivity index (χ2n) is 3.49. The Hall–Kier alpha value is -1.75. The number of methoxy groups -OCH3 is 1. The molecule has 0 aliphatic heterocycles. The lowest BCUT2D eigenvalue weighted by Crippen LogP contribution is -2.27. The van der Waals surface area contributed by atoms with Crippen LogP contribution < -0.4 is 15.8 Å². The molecule has 0 radical (unpaired) electrons. The van der Waals surface area contributed by atoms with Gasteiger partial charge in [-0.2, -0.15) is 0 Å². The molecule has 5 heteroatoms. The smallest absolute Gasteiger partial charge is 0.246 e. The number of amides is 1. The van der Waals surface area contributed by atoms with Gasteiger partial charge in [-0.1, -0.05) is 0 Å². The molecule has 0 unspecified atom stereocenters. The standard InChI is InChI=1S/C12H18N2O3/c1-3-17-8-12(15)14-7-9-6-10(13)4-5-11(9)16-2/h4-6H,3,7-8,13H2,1-2H3,(H,14,15). The Kier molecular flexibility index (Phi) is 5.29. The predicted octanol–water partition coefficient (Wildman–Crippen LogP) is 0.930. The van der Waals surface area contributed by atoms with Gasteiger partial charge >= 0.3 is 0 Å². The number of ether oxygens (including phenoxy) is 2. The minimum absolute atomic E-state index is 0.0706. The zero-order valence-corrected chi connectivity index (χ0v) is 10.2. The number of hydrogen-bond acceptors (Lipinski definition) is 4. The van der Waals surface area contributed by atoms with Gasteiger partial charge in [-0.25, -0.2) is 0 Å². The Morgan fingerprint density at radius 2 is 2.24 bits per heavy atom. The fraction of sp³-hybridized carbons (Fsp3) is 0.417. The van der Waals surface area contributed by atoms with Gasteiger partial charge in [-0.3, -0.25) is 4.79 Å². The zero-order valence-electron chi connectivity index (χ0n) is 10.2. The molecular formula is C12H18N2O3. The molecule has 5 nitrogen and oxygen atoms in total. The van der Waals surface area contributed by atoms with Crippen LogP contribution in [0, 0.1) is 0 Å². The molecule has 0 aliphatic carbocycles. The van der Waals surface area contributed by atoms with E-state index in [-0.39, 0.29) is 12.5 Å². The van der Waals surface area contributed by atoms with Gasteiger partial charge in [0.1, 0.15) is 12.4 Å². The summed E-state index contributed by atoms with van der Waals surface area (Å²) in [5, 5.41) is 2.74. The van der Waals surface area contributed by atoms with Crippen molar-refractivity contribution in [3.8, 4) is 5.75 Å². The van der Waals surface area contributed by atoms with Crippen molar-refractivity contribution in [2.45, 2.75) is 13.5 Å². The molecule has 0 aromatic heterocycles. The maximum Gasteiger partial charge on any atom is 0.246 e. The molecule has 1 aromatic rings. The molecule has 0 atom stereocenters. The van der Waals surface area contributed by atoms with E-state index in [1.54, 1.807) is 25.3 Å². The second kappa shape index (κ2) is 6.75. The van der Waals surface area contributed by atoms with Crippen molar-refractivity contribution in [1.82, 2.24) is 5.32 Å². The number of hydrogen-bond donors (Lipinski definition) is 2. The monoisotopic (exact) mass is 238 g/mol. The molecule has 3 N–H and O–H groups in total. The average molecular weight is 238 g/mol. The fourth-order valence-electron chi connectivity index (χ4n) is 1.38. The summed E-state index contributed by atoms with van der Waals surface area (Å²) in [6, 6.07) is 5.31. The number of nitrogens with two attached hydrogens (primary N) is 1. The number of anilines is 1. The highest BCUT2D eigenvalue weighted by molar-refractivity contribution is 5.77. The van der Waals surface area contributed by atoms with Crippen LogP contribution in [-0.2, 0) is 16.1 Å². The van der Waals surface area contributed by atoms with Crippen molar-refractivity contribution in [2.75, 3.05) is 26.1 Å². The minimum Gasteiger partial charge on any atom is -0.496 e. The molecule has 0 fully saturated rings. The Balaban J connectivity index is 2.56. The van der Waals surface area contributed by atoms with Crippen LogP contribution in [0.5, 0.6) is 5.75 Å². The van der Waals surface area contributed by atoms with Gasteiger partial charge < -0.3 is 20.5 Å². The third-order valence-electron chi connectivity index (χ3n) is 2.22. The first-order valence-electron chi connectivity index (χ1n) is 5.44. The van der Waals surface area contributed by atoms with Crippen molar-refractivity contribution in [2.24, 2.45) is 0 Å². The van der Waals surface area contributed by atoms with Gasteiger partial charge in [0.2, 0.25) is 5.91 Å². The Bertz CT molecular complexity index is 380. The highest BCUT2D eigenvalue weighted by atomic mass is 16.5. The summed E-state index contributed by atoms with van der Waals surface area (Å²) >= 11 is 0. The van der Waals surface area contributed by atoms with Crippen molar-refractivity contribution in [1.29, 1.82) is 0 Å². The lowest BCUT2D eigenvalue weighted by molar-refractivity contribution is -0.125. The van der Waals surface area contributed by atoms with Crippen LogP contribution in [0.25, 0.3) is 0 Å². The predicted molar refractivity (Wildman–Crippen MR) is 65.7 cm³/mol. The van der Waals surface area contributed by atoms with E-state index in [4.69, 9.17) is 15.2 Å². The van der Waals surface area contributed by atoms with Crippen molar-refractivity contribution in [3.05, 3.63) is 23.8 Å². The molecule has 0 saturated heterocycles. The number of carbonyl (C=O) groups excluding carboxylic acids is 1. The average Bonchev–Trinajstić information content (AvgIpc) is 2.34. The highest BCUT2D eigenvalue weighted by Gasteiger charge is 2.06. The number of nitrogen functional groups attached to an aromatic ring is 1. The third kappa shape index (κ3) is 4.32. The minimum atomic E-state index is -0.156. The summed E-state index contributed by atoms with van der Waals surface area (Å²) in [7, 11) is 1.58. The van der Waals surface area contributed by atoms with Crippen LogP contribution in [0.4, 0.5) is 5.69 Å². The lowest BCUT2D eigenvalue weighted by atomic mass is 10.2. The Morgan fingerprint density at radius 1 is 1.47 bits per heavy atom. The van der Waals surface area contributed by atoms with E-state index < -0.39 is 0 Å². The summed E-state index contributed by atoms with van der Waals surface area (Å²) in [6.07, 6.45) is 0. The molecular weight excluding hydrogens is 220 g/mol. The molecule has 0 bridgehead atoms. The molecule has 0 saturated carbocycles. The molecule has 1 rings (SSSR count). The first kappa shape index (κ1) is 13.3. The topological polar surface area (TPSA) is 73.6 Å². The maximum atomic E-state index is 11.4. The Morgan fingerprint density at radius 3 is 2.88 bits per heavy atom. The summed E-state index contributed by atoms with van der Waals surface area (Å²) in [6.45, 7) is 2.81. The van der Waals surface area contributed by atoms with Gasteiger partial charge in [0, 0.05) is 24.4 Å². The van der Waals surface area contributed by atoms with Gasteiger partial charge in [0.05, 0.1) is 7.11 Å². The largest absolute Gasteiger partial charge is 0.496 e. The van der Waals surface area contributed by atoms with Gasteiger partial charge in [0.15, 0.2) is 0 Å². The van der Waals surface area contributed by atoms with Crippen LogP contribution in [0.15, 0.2) is 18.2 Å². The van der Waals surface area contributed by atoms with Crippen LogP contribution in [-0.4, -0.2) is 26.2 Å². The van der Waals surface area contributed by atoms with Crippen LogP contribution in [0.1, 0.15) is 12.5 Å². The van der Waals surface area contributed by atoms with Gasteiger partial charge in [-0.15, -0.1) is 0 Å². The molecule has 0 heterocycles. The van der Waals surface area contributed by atoms with Crippen molar-refractivity contribution >= 4 is 11.6 Å². The molecule has 0 aliphatic rings. The first-order valence-corrected chi connectivity index (χ1v) is 5.44. The van der Waals surface area contributed by atoms with Gasteiger partial charge in [0.25, 0.3) is 0 Å². The molecule has 94 valence electrons. The number of benzene rings is 1. The molecule has 0 spiro atoms. The summed E-state index contributed by atoms with van der Waals surface area (Å²) in [5.41, 5.74) is 7.16.